The van der Waals surface area contributed by atoms with Gasteiger partial charge in [-0.05, 0) is 37.0 Å². The molecular weight excluding hydrogens is 336 g/mol. The summed E-state index contributed by atoms with van der Waals surface area (Å²) in [6.45, 7) is 0. The molecule has 1 aromatic carbocycles. The van der Waals surface area contributed by atoms with Gasteiger partial charge < -0.3 is 5.11 Å². The number of aromatic nitrogens is 2. The zero-order chi connectivity index (χ0) is 15.6. The highest BCUT2D eigenvalue weighted by Crippen LogP contribution is 2.25. The van der Waals surface area contributed by atoms with Crippen molar-refractivity contribution in [3.63, 3.8) is 0 Å². The molecule has 1 heterocycles. The van der Waals surface area contributed by atoms with Crippen LogP contribution in [0.2, 0.25) is 0 Å². The lowest BCUT2D eigenvalue weighted by atomic mass is 10.1. The van der Waals surface area contributed by atoms with Crippen molar-refractivity contribution in [1.29, 1.82) is 0 Å². The third-order valence-electron chi connectivity index (χ3n) is 3.78. The van der Waals surface area contributed by atoms with Crippen molar-refractivity contribution in [2.75, 3.05) is 0 Å². The molecule has 0 spiro atoms. The van der Waals surface area contributed by atoms with Gasteiger partial charge in [-0.3, -0.25) is 13.9 Å². The minimum absolute atomic E-state index is 0.0319. The molecule has 2 rings (SSSR count). The van der Waals surface area contributed by atoms with E-state index in [1.54, 1.807) is 23.2 Å². The predicted octanol–water partition coefficient (Wildman–Crippen LogP) is 2.83. The fourth-order valence-corrected chi connectivity index (χ4v) is 3.05. The number of carboxylic acids is 1. The number of fused-ring (bicyclic) bond motifs is 1. The van der Waals surface area contributed by atoms with Gasteiger partial charge >= 0.3 is 11.7 Å². The number of aliphatic carboxylic acids is 1. The van der Waals surface area contributed by atoms with Crippen molar-refractivity contribution in [3.8, 4) is 0 Å². The Hall–Kier alpha value is -1.56. The first-order valence-electron chi connectivity index (χ1n) is 6.97. The molecule has 0 saturated heterocycles. The summed E-state index contributed by atoms with van der Waals surface area (Å²) >= 11 is 3.56. The van der Waals surface area contributed by atoms with Crippen molar-refractivity contribution in [2.24, 2.45) is 14.1 Å². The van der Waals surface area contributed by atoms with Crippen LogP contribution < -0.4 is 5.69 Å². The van der Waals surface area contributed by atoms with Crippen LogP contribution in [-0.4, -0.2) is 20.2 Å². The van der Waals surface area contributed by atoms with Crippen molar-refractivity contribution in [3.05, 3.63) is 32.7 Å². The summed E-state index contributed by atoms with van der Waals surface area (Å²) < 4.78 is 4.28. The van der Waals surface area contributed by atoms with Crippen LogP contribution >= 0.6 is 15.9 Å². The predicted molar refractivity (Wildman–Crippen MR) is 85.7 cm³/mol. The zero-order valence-corrected chi connectivity index (χ0v) is 13.8. The summed E-state index contributed by atoms with van der Waals surface area (Å²) in [7, 11) is 3.54. The molecule has 0 aliphatic heterocycles. The monoisotopic (exact) mass is 354 g/mol. The molecule has 0 radical (unpaired) electrons. The topological polar surface area (TPSA) is 64.2 Å². The number of carboxylic acid groups (broad SMARTS) is 1. The van der Waals surface area contributed by atoms with Gasteiger partial charge in [0.25, 0.3) is 0 Å². The highest BCUT2D eigenvalue weighted by molar-refractivity contribution is 9.10. The fourth-order valence-electron chi connectivity index (χ4n) is 2.52. The van der Waals surface area contributed by atoms with Gasteiger partial charge in [0.15, 0.2) is 0 Å². The Morgan fingerprint density at radius 3 is 2.38 bits per heavy atom. The lowest BCUT2D eigenvalue weighted by Crippen LogP contribution is -2.19. The number of nitrogens with zero attached hydrogens (tertiary/aromatic N) is 2. The van der Waals surface area contributed by atoms with E-state index >= 15 is 0 Å². The summed E-state index contributed by atoms with van der Waals surface area (Å²) in [5.41, 5.74) is 2.95. The number of carbonyl (C=O) groups is 1. The molecule has 0 amide bonds. The van der Waals surface area contributed by atoms with Crippen LogP contribution in [0.1, 0.15) is 31.2 Å². The highest BCUT2D eigenvalue weighted by Gasteiger charge is 2.11. The van der Waals surface area contributed by atoms with E-state index in [0.717, 1.165) is 40.3 Å². The van der Waals surface area contributed by atoms with Crippen molar-refractivity contribution in [2.45, 2.75) is 32.1 Å². The number of unbranched alkanes of at least 4 members (excludes halogenated alkanes) is 2. The minimum Gasteiger partial charge on any atom is -0.481 e. The largest absolute Gasteiger partial charge is 0.481 e. The van der Waals surface area contributed by atoms with Gasteiger partial charge in [-0.15, -0.1) is 0 Å². The van der Waals surface area contributed by atoms with Crippen molar-refractivity contribution >= 4 is 32.9 Å². The first-order valence-corrected chi connectivity index (χ1v) is 7.76. The third-order valence-corrected chi connectivity index (χ3v) is 4.52. The van der Waals surface area contributed by atoms with E-state index in [1.807, 2.05) is 12.1 Å². The Morgan fingerprint density at radius 1 is 1.14 bits per heavy atom. The average molecular weight is 355 g/mol. The maximum Gasteiger partial charge on any atom is 0.328 e. The van der Waals surface area contributed by atoms with Crippen LogP contribution in [0.4, 0.5) is 0 Å². The summed E-state index contributed by atoms with van der Waals surface area (Å²) in [5, 5.41) is 8.61. The van der Waals surface area contributed by atoms with Crippen LogP contribution in [0.25, 0.3) is 11.0 Å². The van der Waals surface area contributed by atoms with E-state index in [2.05, 4.69) is 15.9 Å². The van der Waals surface area contributed by atoms with E-state index in [1.165, 1.54) is 0 Å². The quantitative estimate of drug-likeness (QED) is 0.811. The summed E-state index contributed by atoms with van der Waals surface area (Å²) in [6, 6.07) is 4.02. The Balaban J connectivity index is 2.14. The Kier molecular flexibility index (Phi) is 4.88. The number of hydrogen-bond donors (Lipinski definition) is 1. The first-order chi connectivity index (χ1) is 9.91. The highest BCUT2D eigenvalue weighted by atomic mass is 79.9. The number of imidazole rings is 1. The van der Waals surface area contributed by atoms with E-state index in [9.17, 15) is 9.59 Å². The van der Waals surface area contributed by atoms with Crippen molar-refractivity contribution in [1.82, 2.24) is 9.13 Å². The number of hydrogen-bond acceptors (Lipinski definition) is 2. The van der Waals surface area contributed by atoms with E-state index < -0.39 is 5.97 Å². The first kappa shape index (κ1) is 15.8. The number of aryl methyl sites for hydroxylation is 3. The molecule has 0 aliphatic carbocycles. The second-order valence-electron chi connectivity index (χ2n) is 5.29. The maximum absolute atomic E-state index is 11.9. The van der Waals surface area contributed by atoms with Crippen LogP contribution in [0.3, 0.4) is 0 Å². The molecule has 0 aliphatic rings. The second kappa shape index (κ2) is 6.47. The summed E-state index contributed by atoms with van der Waals surface area (Å²) in [5.74, 6) is -0.739. The molecule has 0 bridgehead atoms. The molecule has 1 aromatic heterocycles. The van der Waals surface area contributed by atoms with Gasteiger partial charge in [0.05, 0.1) is 11.0 Å². The van der Waals surface area contributed by atoms with Crippen molar-refractivity contribution < 1.29 is 9.90 Å². The molecule has 0 saturated carbocycles. The number of rotatable bonds is 6. The lowest BCUT2D eigenvalue weighted by molar-refractivity contribution is -0.137. The smallest absolute Gasteiger partial charge is 0.328 e. The molecule has 0 unspecified atom stereocenters. The van der Waals surface area contributed by atoms with Gasteiger partial charge in [0.1, 0.15) is 0 Å². The Morgan fingerprint density at radius 2 is 1.76 bits per heavy atom. The minimum atomic E-state index is -0.739. The molecular formula is C15H19BrN2O3. The van der Waals surface area contributed by atoms with E-state index in [-0.39, 0.29) is 12.1 Å². The SMILES string of the molecule is Cn1c(=O)n(C)c2cc(CCCCCC(=O)O)c(Br)cc21. The molecule has 1 N–H and O–H groups in total. The van der Waals surface area contributed by atoms with Gasteiger partial charge in [-0.1, -0.05) is 22.4 Å². The number of benzene rings is 1. The molecule has 6 heteroatoms. The summed E-state index contributed by atoms with van der Waals surface area (Å²) in [6.07, 6.45) is 3.65. The Bertz CT molecular complexity index is 731. The van der Waals surface area contributed by atoms with Gasteiger partial charge in [0, 0.05) is 25.0 Å². The molecule has 114 valence electrons. The molecule has 0 atom stereocenters. The molecule has 2 aromatic rings. The molecule has 0 fully saturated rings. The Labute approximate surface area is 131 Å². The molecule has 21 heavy (non-hydrogen) atoms. The second-order valence-corrected chi connectivity index (χ2v) is 6.14. The van der Waals surface area contributed by atoms with Crippen LogP contribution in [-0.2, 0) is 25.3 Å². The van der Waals surface area contributed by atoms with Crippen LogP contribution in [0.5, 0.6) is 0 Å². The number of halogens is 1. The van der Waals surface area contributed by atoms with Gasteiger partial charge in [0.2, 0.25) is 0 Å². The van der Waals surface area contributed by atoms with E-state index in [0.29, 0.717) is 6.42 Å². The standard InChI is InChI=1S/C15H19BrN2O3/c1-17-12-8-10(6-4-3-5-7-14(19)20)11(16)9-13(12)18(2)15(17)21/h8-9H,3-7H2,1-2H3,(H,19,20). The zero-order valence-electron chi connectivity index (χ0n) is 12.2. The van der Waals surface area contributed by atoms with Gasteiger partial charge in [-0.2, -0.15) is 0 Å². The van der Waals surface area contributed by atoms with Gasteiger partial charge in [-0.25, -0.2) is 4.79 Å². The average Bonchev–Trinajstić information content (AvgIpc) is 2.63. The fraction of sp³-hybridized carbons (Fsp3) is 0.467. The molecule has 5 nitrogen and oxygen atoms in total. The van der Waals surface area contributed by atoms with Crippen LogP contribution in [0.15, 0.2) is 21.4 Å². The van der Waals surface area contributed by atoms with E-state index in [4.69, 9.17) is 5.11 Å². The van der Waals surface area contributed by atoms with Crippen LogP contribution in [0, 0.1) is 0 Å². The summed E-state index contributed by atoms with van der Waals surface area (Å²) in [4.78, 5) is 22.4. The lowest BCUT2D eigenvalue weighted by Gasteiger charge is -2.06. The normalized spacial score (nSPS) is 11.2. The maximum atomic E-state index is 11.9. The third kappa shape index (κ3) is 3.37.